The molecule has 100 valence electrons. The number of rotatable bonds is 2. The van der Waals surface area contributed by atoms with Gasteiger partial charge in [-0.2, -0.15) is 0 Å². The molecule has 0 unspecified atom stereocenters. The fraction of sp³-hybridized carbons (Fsp3) is 0.214. The fourth-order valence-electron chi connectivity index (χ4n) is 1.86. The SMILES string of the molecule is CC(C)N=C(NN)Nc1ccc(Br)c2ccccc12. The van der Waals surface area contributed by atoms with E-state index in [1.54, 1.807) is 0 Å². The van der Waals surface area contributed by atoms with Crippen LogP contribution in [0.2, 0.25) is 0 Å². The van der Waals surface area contributed by atoms with E-state index in [1.165, 1.54) is 0 Å². The average molecular weight is 321 g/mol. The molecule has 5 heteroatoms. The van der Waals surface area contributed by atoms with E-state index >= 15 is 0 Å². The molecule has 0 atom stereocenters. The lowest BCUT2D eigenvalue weighted by Crippen LogP contribution is -2.37. The van der Waals surface area contributed by atoms with Gasteiger partial charge in [-0.1, -0.05) is 40.2 Å². The molecular formula is C14H17BrN4. The molecule has 0 bridgehead atoms. The van der Waals surface area contributed by atoms with Crippen molar-refractivity contribution in [2.45, 2.75) is 19.9 Å². The molecule has 0 aliphatic carbocycles. The average Bonchev–Trinajstić information content (AvgIpc) is 2.41. The van der Waals surface area contributed by atoms with Gasteiger partial charge in [0.15, 0.2) is 0 Å². The zero-order valence-corrected chi connectivity index (χ0v) is 12.5. The highest BCUT2D eigenvalue weighted by Crippen LogP contribution is 2.29. The Morgan fingerprint density at radius 2 is 1.84 bits per heavy atom. The Bertz CT molecular complexity index is 607. The van der Waals surface area contributed by atoms with Gasteiger partial charge in [-0.3, -0.25) is 5.43 Å². The largest absolute Gasteiger partial charge is 0.325 e. The molecule has 0 aliphatic rings. The summed E-state index contributed by atoms with van der Waals surface area (Å²) in [4.78, 5) is 4.38. The van der Waals surface area contributed by atoms with Crippen molar-refractivity contribution in [3.8, 4) is 0 Å². The number of nitrogens with zero attached hydrogens (tertiary/aromatic N) is 1. The van der Waals surface area contributed by atoms with Crippen molar-refractivity contribution in [2.75, 3.05) is 5.32 Å². The molecule has 2 aromatic carbocycles. The van der Waals surface area contributed by atoms with Crippen LogP contribution < -0.4 is 16.6 Å². The van der Waals surface area contributed by atoms with Crippen molar-refractivity contribution in [3.05, 3.63) is 40.9 Å². The summed E-state index contributed by atoms with van der Waals surface area (Å²) in [6.45, 7) is 4.00. The van der Waals surface area contributed by atoms with Crippen LogP contribution in [0.3, 0.4) is 0 Å². The molecule has 0 aromatic heterocycles. The summed E-state index contributed by atoms with van der Waals surface area (Å²) in [6, 6.07) is 12.3. The number of aliphatic imine (C=N–C) groups is 1. The first kappa shape index (κ1) is 13.8. The van der Waals surface area contributed by atoms with Crippen LogP contribution in [-0.2, 0) is 0 Å². The van der Waals surface area contributed by atoms with Crippen LogP contribution in [0.15, 0.2) is 45.9 Å². The second kappa shape index (κ2) is 6.04. The highest BCUT2D eigenvalue weighted by Gasteiger charge is 2.06. The van der Waals surface area contributed by atoms with Crippen LogP contribution >= 0.6 is 15.9 Å². The molecule has 0 spiro atoms. The van der Waals surface area contributed by atoms with Gasteiger partial charge in [0.1, 0.15) is 0 Å². The first-order valence-corrected chi connectivity index (χ1v) is 6.90. The molecule has 0 aliphatic heterocycles. The van der Waals surface area contributed by atoms with E-state index in [0.717, 1.165) is 20.9 Å². The minimum atomic E-state index is 0.167. The van der Waals surface area contributed by atoms with Crippen LogP contribution in [0.4, 0.5) is 5.69 Å². The molecule has 0 radical (unpaired) electrons. The van der Waals surface area contributed by atoms with E-state index in [0.29, 0.717) is 5.96 Å². The van der Waals surface area contributed by atoms with Crippen LogP contribution in [-0.4, -0.2) is 12.0 Å². The molecule has 4 N–H and O–H groups in total. The van der Waals surface area contributed by atoms with Crippen LogP contribution in [0.1, 0.15) is 13.8 Å². The van der Waals surface area contributed by atoms with E-state index in [2.05, 4.69) is 43.8 Å². The maximum atomic E-state index is 5.49. The molecule has 4 nitrogen and oxygen atoms in total. The lowest BCUT2D eigenvalue weighted by molar-refractivity contribution is 0.819. The summed E-state index contributed by atoms with van der Waals surface area (Å²) < 4.78 is 1.07. The van der Waals surface area contributed by atoms with Crippen LogP contribution in [0, 0.1) is 0 Å². The topological polar surface area (TPSA) is 62.4 Å². The maximum absolute atomic E-state index is 5.49. The van der Waals surface area contributed by atoms with Gasteiger partial charge in [-0.15, -0.1) is 0 Å². The molecule has 0 heterocycles. The Kier molecular flexibility index (Phi) is 4.39. The second-order valence-corrected chi connectivity index (χ2v) is 5.34. The summed E-state index contributed by atoms with van der Waals surface area (Å²) in [5, 5.41) is 5.48. The van der Waals surface area contributed by atoms with Crippen molar-refractivity contribution in [1.82, 2.24) is 5.43 Å². The number of guanidine groups is 1. The number of benzene rings is 2. The van der Waals surface area contributed by atoms with Crippen molar-refractivity contribution in [1.29, 1.82) is 0 Å². The first-order chi connectivity index (χ1) is 9.11. The monoisotopic (exact) mass is 320 g/mol. The highest BCUT2D eigenvalue weighted by molar-refractivity contribution is 9.10. The highest BCUT2D eigenvalue weighted by atomic mass is 79.9. The summed E-state index contributed by atoms with van der Waals surface area (Å²) in [7, 11) is 0. The first-order valence-electron chi connectivity index (χ1n) is 6.10. The summed E-state index contributed by atoms with van der Waals surface area (Å²) >= 11 is 3.56. The lowest BCUT2D eigenvalue weighted by atomic mass is 10.1. The smallest absolute Gasteiger partial charge is 0.210 e. The normalized spacial score (nSPS) is 11.9. The Labute approximate surface area is 121 Å². The van der Waals surface area contributed by atoms with Gasteiger partial charge in [0.25, 0.3) is 0 Å². The van der Waals surface area contributed by atoms with Gasteiger partial charge in [-0.05, 0) is 31.4 Å². The van der Waals surface area contributed by atoms with Gasteiger partial charge in [0.2, 0.25) is 5.96 Å². The van der Waals surface area contributed by atoms with Crippen molar-refractivity contribution >= 4 is 38.3 Å². The van der Waals surface area contributed by atoms with Gasteiger partial charge in [0, 0.05) is 21.6 Å². The number of hydrogen-bond acceptors (Lipinski definition) is 2. The van der Waals surface area contributed by atoms with Gasteiger partial charge < -0.3 is 5.32 Å². The predicted molar refractivity (Wildman–Crippen MR) is 85.2 cm³/mol. The van der Waals surface area contributed by atoms with E-state index in [1.807, 2.05) is 38.1 Å². The van der Waals surface area contributed by atoms with E-state index in [9.17, 15) is 0 Å². The summed E-state index contributed by atoms with van der Waals surface area (Å²) in [5.41, 5.74) is 3.56. The van der Waals surface area contributed by atoms with Crippen LogP contribution in [0.25, 0.3) is 10.8 Å². The number of anilines is 1. The number of halogens is 1. The van der Waals surface area contributed by atoms with Gasteiger partial charge in [0.05, 0.1) is 0 Å². The quantitative estimate of drug-likeness (QED) is 0.344. The third-order valence-corrected chi connectivity index (χ3v) is 3.34. The standard InChI is InChI=1S/C14H17BrN4/c1-9(2)17-14(19-16)18-13-8-7-12(15)10-5-3-4-6-11(10)13/h3-9H,16H2,1-2H3,(H2,17,18,19). The Hall–Kier alpha value is -1.59. The van der Waals surface area contributed by atoms with Gasteiger partial charge >= 0.3 is 0 Å². The number of hydrogen-bond donors (Lipinski definition) is 3. The predicted octanol–water partition coefficient (Wildman–Crippen LogP) is 3.24. The minimum Gasteiger partial charge on any atom is -0.325 e. The second-order valence-electron chi connectivity index (χ2n) is 4.48. The zero-order valence-electron chi connectivity index (χ0n) is 10.9. The van der Waals surface area contributed by atoms with Crippen molar-refractivity contribution in [2.24, 2.45) is 10.8 Å². The molecular weight excluding hydrogens is 304 g/mol. The third kappa shape index (κ3) is 3.24. The Balaban J connectivity index is 2.43. The van der Waals surface area contributed by atoms with Crippen LogP contribution in [0.5, 0.6) is 0 Å². The van der Waals surface area contributed by atoms with E-state index in [4.69, 9.17) is 5.84 Å². The molecule has 19 heavy (non-hydrogen) atoms. The fourth-order valence-corrected chi connectivity index (χ4v) is 2.34. The third-order valence-electron chi connectivity index (χ3n) is 2.65. The van der Waals surface area contributed by atoms with Gasteiger partial charge in [-0.25, -0.2) is 10.8 Å². The summed E-state index contributed by atoms with van der Waals surface area (Å²) in [5.74, 6) is 6.05. The Morgan fingerprint density at radius 1 is 1.16 bits per heavy atom. The summed E-state index contributed by atoms with van der Waals surface area (Å²) in [6.07, 6.45) is 0. The molecule has 0 fully saturated rings. The molecule has 2 rings (SSSR count). The van der Waals surface area contributed by atoms with Crippen molar-refractivity contribution < 1.29 is 0 Å². The number of fused-ring (bicyclic) bond motifs is 1. The van der Waals surface area contributed by atoms with Crippen molar-refractivity contribution in [3.63, 3.8) is 0 Å². The number of hydrazine groups is 1. The van der Waals surface area contributed by atoms with E-state index < -0.39 is 0 Å². The molecule has 0 saturated heterocycles. The molecule has 0 saturated carbocycles. The molecule has 2 aromatic rings. The lowest BCUT2D eigenvalue weighted by Gasteiger charge is -2.13. The zero-order chi connectivity index (χ0) is 13.8. The minimum absolute atomic E-state index is 0.167. The molecule has 0 amide bonds. The number of nitrogens with one attached hydrogen (secondary N) is 2. The number of nitrogens with two attached hydrogens (primary N) is 1. The maximum Gasteiger partial charge on any atom is 0.210 e. The van der Waals surface area contributed by atoms with E-state index in [-0.39, 0.29) is 6.04 Å². The Morgan fingerprint density at radius 3 is 2.47 bits per heavy atom.